The standard InChI is InChI=1S/C23H16BrFN2O2S/c24-16-8-10-18(11-9-16)27-21(28)14-30-23(27)19-6-1-2-7-20(19)26(22(23)29)13-15-4-3-5-17(25)12-15/h1-12H,13-14H2/t23-/m0/s1. The van der Waals surface area contributed by atoms with Gasteiger partial charge >= 0.3 is 0 Å². The summed E-state index contributed by atoms with van der Waals surface area (Å²) < 4.78 is 14.6. The van der Waals surface area contributed by atoms with Crippen LogP contribution in [0.3, 0.4) is 0 Å². The minimum Gasteiger partial charge on any atom is -0.304 e. The van der Waals surface area contributed by atoms with Gasteiger partial charge in [0.05, 0.1) is 18.0 Å². The molecule has 0 saturated carbocycles. The first-order valence-corrected chi connectivity index (χ1v) is 11.2. The number of halogens is 2. The van der Waals surface area contributed by atoms with Crippen LogP contribution < -0.4 is 9.80 Å². The Kier molecular flexibility index (Phi) is 4.67. The normalized spacial score (nSPS) is 20.3. The lowest BCUT2D eigenvalue weighted by molar-refractivity contribution is -0.123. The Hall–Kier alpha value is -2.64. The van der Waals surface area contributed by atoms with E-state index in [9.17, 15) is 14.0 Å². The summed E-state index contributed by atoms with van der Waals surface area (Å²) in [6.45, 7) is 0.234. The molecule has 0 N–H and O–H groups in total. The van der Waals surface area contributed by atoms with Crippen molar-refractivity contribution in [3.05, 3.63) is 94.2 Å². The number of para-hydroxylation sites is 1. The summed E-state index contributed by atoms with van der Waals surface area (Å²) >= 11 is 4.76. The SMILES string of the molecule is O=C1CS[C@@]2(C(=O)N(Cc3cccc(F)c3)c3ccccc32)N1c1ccc(Br)cc1. The van der Waals surface area contributed by atoms with E-state index in [0.717, 1.165) is 15.7 Å². The number of benzene rings is 3. The first-order valence-electron chi connectivity index (χ1n) is 9.39. The number of amides is 2. The van der Waals surface area contributed by atoms with Gasteiger partial charge in [-0.1, -0.05) is 46.3 Å². The van der Waals surface area contributed by atoms with Gasteiger partial charge in [-0.15, -0.1) is 11.8 Å². The van der Waals surface area contributed by atoms with Crippen molar-refractivity contribution in [1.82, 2.24) is 0 Å². The average Bonchev–Trinajstić information content (AvgIpc) is 3.20. The lowest BCUT2D eigenvalue weighted by Crippen LogP contribution is -2.49. The van der Waals surface area contributed by atoms with E-state index < -0.39 is 4.87 Å². The molecular formula is C23H16BrFN2O2S. The Morgan fingerprint density at radius 2 is 1.77 bits per heavy atom. The highest BCUT2D eigenvalue weighted by atomic mass is 79.9. The van der Waals surface area contributed by atoms with Crippen molar-refractivity contribution in [2.24, 2.45) is 0 Å². The maximum absolute atomic E-state index is 13.9. The second-order valence-electron chi connectivity index (χ2n) is 7.18. The van der Waals surface area contributed by atoms with Gasteiger partial charge in [0.2, 0.25) is 10.8 Å². The molecule has 1 fully saturated rings. The summed E-state index contributed by atoms with van der Waals surface area (Å²) in [7, 11) is 0. The van der Waals surface area contributed by atoms with E-state index >= 15 is 0 Å². The zero-order valence-corrected chi connectivity index (χ0v) is 18.1. The van der Waals surface area contributed by atoms with Crippen molar-refractivity contribution in [3.8, 4) is 0 Å². The molecule has 4 nitrogen and oxygen atoms in total. The first kappa shape index (κ1) is 19.3. The molecule has 2 amide bonds. The van der Waals surface area contributed by atoms with Gasteiger partial charge in [0.15, 0.2) is 0 Å². The molecule has 1 atom stereocenters. The van der Waals surface area contributed by atoms with Crippen LogP contribution in [0.15, 0.2) is 77.3 Å². The molecular weight excluding hydrogens is 467 g/mol. The molecule has 1 spiro atoms. The number of anilines is 2. The van der Waals surface area contributed by atoms with Crippen molar-refractivity contribution in [3.63, 3.8) is 0 Å². The number of carbonyl (C=O) groups is 2. The van der Waals surface area contributed by atoms with Gasteiger partial charge in [-0.25, -0.2) is 4.39 Å². The monoisotopic (exact) mass is 482 g/mol. The predicted octanol–water partition coefficient (Wildman–Crippen LogP) is 5.07. The van der Waals surface area contributed by atoms with Gasteiger partial charge in [0, 0.05) is 15.7 Å². The van der Waals surface area contributed by atoms with Crippen LogP contribution in [0.5, 0.6) is 0 Å². The van der Waals surface area contributed by atoms with Crippen LogP contribution in [0.25, 0.3) is 0 Å². The molecule has 5 rings (SSSR count). The number of thioether (sulfide) groups is 1. The largest absolute Gasteiger partial charge is 0.304 e. The van der Waals surface area contributed by atoms with Gasteiger partial charge in [0.1, 0.15) is 5.82 Å². The number of carbonyl (C=O) groups excluding carboxylic acids is 2. The van der Waals surface area contributed by atoms with E-state index in [1.807, 2.05) is 48.5 Å². The van der Waals surface area contributed by atoms with Crippen molar-refractivity contribution < 1.29 is 14.0 Å². The number of rotatable bonds is 3. The highest BCUT2D eigenvalue weighted by molar-refractivity contribution is 9.10. The second-order valence-corrected chi connectivity index (χ2v) is 9.26. The third kappa shape index (κ3) is 2.87. The van der Waals surface area contributed by atoms with E-state index in [1.54, 1.807) is 21.9 Å². The predicted molar refractivity (Wildman–Crippen MR) is 120 cm³/mol. The Morgan fingerprint density at radius 3 is 2.53 bits per heavy atom. The summed E-state index contributed by atoms with van der Waals surface area (Å²) in [5.74, 6) is -0.432. The zero-order chi connectivity index (χ0) is 20.9. The smallest absolute Gasteiger partial charge is 0.269 e. The van der Waals surface area contributed by atoms with Crippen LogP contribution in [-0.2, 0) is 21.0 Å². The average molecular weight is 483 g/mol. The molecule has 0 bridgehead atoms. The minimum atomic E-state index is -1.16. The quantitative estimate of drug-likeness (QED) is 0.523. The lowest BCUT2D eigenvalue weighted by atomic mass is 10.0. The van der Waals surface area contributed by atoms with Crippen LogP contribution in [0.4, 0.5) is 15.8 Å². The first-order chi connectivity index (χ1) is 14.5. The van der Waals surface area contributed by atoms with Gasteiger partial charge in [0.25, 0.3) is 5.91 Å². The molecule has 2 aliphatic rings. The summed E-state index contributed by atoms with van der Waals surface area (Å²) in [6, 6.07) is 21.1. The second kappa shape index (κ2) is 7.25. The fourth-order valence-electron chi connectivity index (χ4n) is 4.12. The van der Waals surface area contributed by atoms with E-state index in [2.05, 4.69) is 15.9 Å². The summed E-state index contributed by atoms with van der Waals surface area (Å²) in [6.07, 6.45) is 0. The molecule has 7 heteroatoms. The molecule has 0 aliphatic carbocycles. The molecule has 0 unspecified atom stereocenters. The third-order valence-electron chi connectivity index (χ3n) is 5.38. The fourth-order valence-corrected chi connectivity index (χ4v) is 5.74. The molecule has 1 saturated heterocycles. The highest BCUT2D eigenvalue weighted by Gasteiger charge is 2.60. The van der Waals surface area contributed by atoms with Gasteiger partial charge in [-0.2, -0.15) is 0 Å². The topological polar surface area (TPSA) is 40.6 Å². The number of hydrogen-bond donors (Lipinski definition) is 0. The van der Waals surface area contributed by atoms with Crippen LogP contribution in [0.1, 0.15) is 11.1 Å². The van der Waals surface area contributed by atoms with Crippen LogP contribution in [0.2, 0.25) is 0 Å². The van der Waals surface area contributed by atoms with Crippen LogP contribution in [-0.4, -0.2) is 17.6 Å². The van der Waals surface area contributed by atoms with Crippen molar-refractivity contribution in [2.45, 2.75) is 11.4 Å². The van der Waals surface area contributed by atoms with Gasteiger partial charge in [-0.3, -0.25) is 14.5 Å². The molecule has 2 heterocycles. The molecule has 3 aromatic rings. The van der Waals surface area contributed by atoms with E-state index in [4.69, 9.17) is 0 Å². The molecule has 0 aromatic heterocycles. The van der Waals surface area contributed by atoms with Crippen molar-refractivity contribution in [2.75, 3.05) is 15.6 Å². The van der Waals surface area contributed by atoms with E-state index in [-0.39, 0.29) is 29.9 Å². The van der Waals surface area contributed by atoms with Gasteiger partial charge < -0.3 is 4.90 Å². The summed E-state index contributed by atoms with van der Waals surface area (Å²) in [5, 5.41) is 0. The maximum atomic E-state index is 13.9. The number of hydrogen-bond acceptors (Lipinski definition) is 3. The molecule has 0 radical (unpaired) electrons. The summed E-state index contributed by atoms with van der Waals surface area (Å²) in [5.41, 5.74) is 2.89. The van der Waals surface area contributed by atoms with E-state index in [1.165, 1.54) is 23.9 Å². The van der Waals surface area contributed by atoms with Crippen LogP contribution >= 0.6 is 27.7 Å². The highest BCUT2D eigenvalue weighted by Crippen LogP contribution is 2.55. The Balaban J connectivity index is 1.64. The lowest BCUT2D eigenvalue weighted by Gasteiger charge is -2.33. The molecule has 3 aromatic carbocycles. The van der Waals surface area contributed by atoms with Gasteiger partial charge in [-0.05, 0) is 48.0 Å². The zero-order valence-electron chi connectivity index (χ0n) is 15.7. The maximum Gasteiger partial charge on any atom is 0.269 e. The van der Waals surface area contributed by atoms with E-state index in [0.29, 0.717) is 11.3 Å². The number of fused-ring (bicyclic) bond motifs is 2. The summed E-state index contributed by atoms with van der Waals surface area (Å²) in [4.78, 5) is 28.9. The third-order valence-corrected chi connectivity index (χ3v) is 7.29. The Morgan fingerprint density at radius 1 is 1.00 bits per heavy atom. The van der Waals surface area contributed by atoms with Crippen molar-refractivity contribution >= 4 is 50.9 Å². The molecule has 30 heavy (non-hydrogen) atoms. The Bertz CT molecular complexity index is 1170. The molecule has 150 valence electrons. The van der Waals surface area contributed by atoms with Crippen LogP contribution in [0, 0.1) is 5.82 Å². The fraction of sp³-hybridized carbons (Fsp3) is 0.130. The molecule has 2 aliphatic heterocycles. The minimum absolute atomic E-state index is 0.113. The van der Waals surface area contributed by atoms with Crippen molar-refractivity contribution in [1.29, 1.82) is 0 Å². The Labute approximate surface area is 185 Å². The number of nitrogens with zero attached hydrogens (tertiary/aromatic N) is 2.